The second kappa shape index (κ2) is 5.95. The molecule has 2 rings (SSSR count). The Labute approximate surface area is 119 Å². The molecule has 2 aromatic heterocycles. The Kier molecular flexibility index (Phi) is 4.07. The number of aryl methyl sites for hydroxylation is 1. The highest BCUT2D eigenvalue weighted by Gasteiger charge is 2.09. The molecule has 0 aliphatic carbocycles. The van der Waals surface area contributed by atoms with Gasteiger partial charge in [0.2, 0.25) is 0 Å². The predicted molar refractivity (Wildman–Crippen MR) is 74.2 cm³/mol. The highest BCUT2D eigenvalue weighted by atomic mass is 16.6. The zero-order valence-corrected chi connectivity index (χ0v) is 11.1. The summed E-state index contributed by atoms with van der Waals surface area (Å²) in [5, 5.41) is 22.4. The van der Waals surface area contributed by atoms with E-state index in [0.29, 0.717) is 17.9 Å². The minimum absolute atomic E-state index is 0.0246. The van der Waals surface area contributed by atoms with Gasteiger partial charge < -0.3 is 10.4 Å². The molecule has 8 nitrogen and oxygen atoms in total. The number of nitrogens with zero attached hydrogens (tertiary/aromatic N) is 3. The monoisotopic (exact) mass is 288 g/mol. The van der Waals surface area contributed by atoms with Gasteiger partial charge in [-0.05, 0) is 24.1 Å². The highest BCUT2D eigenvalue weighted by molar-refractivity contribution is 5.85. The van der Waals surface area contributed by atoms with Crippen LogP contribution in [0.5, 0.6) is 0 Å². The van der Waals surface area contributed by atoms with Crippen LogP contribution in [-0.4, -0.2) is 26.0 Å². The lowest BCUT2D eigenvalue weighted by molar-refractivity contribution is -0.385. The molecule has 0 atom stereocenters. The first-order chi connectivity index (χ1) is 9.97. The Morgan fingerprint density at radius 1 is 1.38 bits per heavy atom. The number of hydrogen-bond acceptors (Lipinski definition) is 6. The van der Waals surface area contributed by atoms with E-state index in [-0.39, 0.29) is 11.4 Å². The molecule has 2 N–H and O–H groups in total. The number of carbonyl (C=O) groups is 1. The molecule has 0 spiro atoms. The zero-order chi connectivity index (χ0) is 15.4. The molecule has 2 heterocycles. The highest BCUT2D eigenvalue weighted by Crippen LogP contribution is 2.18. The van der Waals surface area contributed by atoms with E-state index in [1.165, 1.54) is 24.5 Å². The molecule has 8 heteroatoms. The summed E-state index contributed by atoms with van der Waals surface area (Å²) >= 11 is 0. The summed E-state index contributed by atoms with van der Waals surface area (Å²) in [5.41, 5.74) is 1.34. The molecule has 0 aromatic carbocycles. The van der Waals surface area contributed by atoms with Crippen molar-refractivity contribution in [2.24, 2.45) is 0 Å². The average Bonchev–Trinajstić information content (AvgIpc) is 2.46. The number of anilines is 1. The van der Waals surface area contributed by atoms with E-state index in [9.17, 15) is 14.9 Å². The molecular formula is C13H12N4O4. The molecule has 108 valence electrons. The van der Waals surface area contributed by atoms with Gasteiger partial charge in [0.15, 0.2) is 0 Å². The first-order valence-corrected chi connectivity index (χ1v) is 6.00. The van der Waals surface area contributed by atoms with Gasteiger partial charge in [-0.1, -0.05) is 6.07 Å². The maximum atomic E-state index is 10.7. The van der Waals surface area contributed by atoms with E-state index in [1.807, 2.05) is 0 Å². The molecule has 0 fully saturated rings. The van der Waals surface area contributed by atoms with Crippen LogP contribution in [0.3, 0.4) is 0 Å². The van der Waals surface area contributed by atoms with E-state index in [2.05, 4.69) is 15.3 Å². The second-order valence-electron chi connectivity index (χ2n) is 4.33. The summed E-state index contributed by atoms with van der Waals surface area (Å²) in [6.45, 7) is 2.10. The molecular weight excluding hydrogens is 276 g/mol. The van der Waals surface area contributed by atoms with Crippen molar-refractivity contribution in [3.05, 3.63) is 57.5 Å². The minimum Gasteiger partial charge on any atom is -0.477 e. The molecule has 0 aliphatic heterocycles. The standard InChI is InChI=1S/C13H12N4O4/c1-8-4-10(17(20)21)7-16-12(8)15-6-9-2-3-11(13(18)19)14-5-9/h2-5,7H,6H2,1H3,(H,15,16)(H,18,19). The number of carboxylic acids is 1. The molecule has 2 aromatic rings. The molecule has 0 bridgehead atoms. The summed E-state index contributed by atoms with van der Waals surface area (Å²) in [6, 6.07) is 4.49. The third-order valence-electron chi connectivity index (χ3n) is 2.78. The SMILES string of the molecule is Cc1cc([N+](=O)[O-])cnc1NCc1ccc(C(=O)O)nc1. The molecule has 21 heavy (non-hydrogen) atoms. The largest absolute Gasteiger partial charge is 0.477 e. The summed E-state index contributed by atoms with van der Waals surface area (Å²) < 4.78 is 0. The molecule has 0 saturated carbocycles. The molecule has 0 amide bonds. The van der Waals surface area contributed by atoms with Crippen LogP contribution >= 0.6 is 0 Å². The van der Waals surface area contributed by atoms with Gasteiger partial charge in [-0.15, -0.1) is 0 Å². The third-order valence-corrected chi connectivity index (χ3v) is 2.78. The number of aromatic carboxylic acids is 1. The van der Waals surface area contributed by atoms with Crippen LogP contribution in [-0.2, 0) is 6.54 Å². The van der Waals surface area contributed by atoms with Crippen molar-refractivity contribution < 1.29 is 14.8 Å². The van der Waals surface area contributed by atoms with Gasteiger partial charge in [0.05, 0.1) is 4.92 Å². The topological polar surface area (TPSA) is 118 Å². The van der Waals surface area contributed by atoms with Crippen LogP contribution in [0.25, 0.3) is 0 Å². The lowest BCUT2D eigenvalue weighted by Gasteiger charge is -2.08. The van der Waals surface area contributed by atoms with Crippen LogP contribution in [0.15, 0.2) is 30.6 Å². The maximum absolute atomic E-state index is 10.7. The quantitative estimate of drug-likeness (QED) is 0.638. The Balaban J connectivity index is 2.06. The molecule has 0 radical (unpaired) electrons. The summed E-state index contributed by atoms with van der Waals surface area (Å²) in [4.78, 5) is 28.6. The maximum Gasteiger partial charge on any atom is 0.354 e. The lowest BCUT2D eigenvalue weighted by Crippen LogP contribution is -2.06. The van der Waals surface area contributed by atoms with Gasteiger partial charge in [-0.25, -0.2) is 14.8 Å². The number of nitrogens with one attached hydrogen (secondary N) is 1. The van der Waals surface area contributed by atoms with Crippen molar-refractivity contribution in [1.82, 2.24) is 9.97 Å². The fourth-order valence-electron chi connectivity index (χ4n) is 1.69. The zero-order valence-electron chi connectivity index (χ0n) is 11.1. The van der Waals surface area contributed by atoms with Gasteiger partial charge in [-0.2, -0.15) is 0 Å². The van der Waals surface area contributed by atoms with Gasteiger partial charge in [0.1, 0.15) is 17.7 Å². The summed E-state index contributed by atoms with van der Waals surface area (Å²) in [7, 11) is 0. The lowest BCUT2D eigenvalue weighted by atomic mass is 10.2. The number of carboxylic acid groups (broad SMARTS) is 1. The molecule has 0 aliphatic rings. The van der Waals surface area contributed by atoms with Crippen molar-refractivity contribution in [1.29, 1.82) is 0 Å². The van der Waals surface area contributed by atoms with Crippen molar-refractivity contribution in [3.8, 4) is 0 Å². The fraction of sp³-hybridized carbons (Fsp3) is 0.154. The van der Waals surface area contributed by atoms with E-state index in [0.717, 1.165) is 5.56 Å². The van der Waals surface area contributed by atoms with Gasteiger partial charge >= 0.3 is 5.97 Å². The number of aromatic nitrogens is 2. The van der Waals surface area contributed by atoms with E-state index >= 15 is 0 Å². The predicted octanol–water partition coefficient (Wildman–Crippen LogP) is 2.00. The minimum atomic E-state index is -1.08. The molecule has 0 saturated heterocycles. The van der Waals surface area contributed by atoms with Gasteiger partial charge in [-0.3, -0.25) is 10.1 Å². The van der Waals surface area contributed by atoms with Crippen LogP contribution in [0.2, 0.25) is 0 Å². The summed E-state index contributed by atoms with van der Waals surface area (Å²) in [6.07, 6.45) is 2.64. The number of pyridine rings is 2. The van der Waals surface area contributed by atoms with Crippen molar-refractivity contribution in [3.63, 3.8) is 0 Å². The van der Waals surface area contributed by atoms with Gasteiger partial charge in [0, 0.05) is 18.8 Å². The third kappa shape index (κ3) is 3.50. The van der Waals surface area contributed by atoms with Crippen molar-refractivity contribution >= 4 is 17.5 Å². The first-order valence-electron chi connectivity index (χ1n) is 6.00. The smallest absolute Gasteiger partial charge is 0.354 e. The number of rotatable bonds is 5. The Morgan fingerprint density at radius 3 is 2.67 bits per heavy atom. The first kappa shape index (κ1) is 14.4. The van der Waals surface area contributed by atoms with E-state index < -0.39 is 10.9 Å². The average molecular weight is 288 g/mol. The second-order valence-corrected chi connectivity index (χ2v) is 4.33. The number of hydrogen-bond donors (Lipinski definition) is 2. The molecule has 0 unspecified atom stereocenters. The number of nitro groups is 1. The Bertz CT molecular complexity index is 685. The normalized spacial score (nSPS) is 10.1. The van der Waals surface area contributed by atoms with Crippen LogP contribution in [0.4, 0.5) is 11.5 Å². The van der Waals surface area contributed by atoms with Crippen molar-refractivity contribution in [2.75, 3.05) is 5.32 Å². The Morgan fingerprint density at radius 2 is 2.14 bits per heavy atom. The van der Waals surface area contributed by atoms with Crippen LogP contribution < -0.4 is 5.32 Å². The van der Waals surface area contributed by atoms with Crippen molar-refractivity contribution in [2.45, 2.75) is 13.5 Å². The fourth-order valence-corrected chi connectivity index (χ4v) is 1.69. The van der Waals surface area contributed by atoms with E-state index in [1.54, 1.807) is 13.0 Å². The van der Waals surface area contributed by atoms with Crippen LogP contribution in [0.1, 0.15) is 21.6 Å². The van der Waals surface area contributed by atoms with E-state index in [4.69, 9.17) is 5.11 Å². The summed E-state index contributed by atoms with van der Waals surface area (Å²) in [5.74, 6) is -0.551. The van der Waals surface area contributed by atoms with Crippen LogP contribution in [0, 0.1) is 17.0 Å². The van der Waals surface area contributed by atoms with Gasteiger partial charge in [0.25, 0.3) is 5.69 Å². The Hall–Kier alpha value is -3.03.